The molecule has 0 aromatic heterocycles. The fourth-order valence-electron chi connectivity index (χ4n) is 4.08. The highest BCUT2D eigenvalue weighted by Crippen LogP contribution is 2.32. The minimum Gasteiger partial charge on any atom is -0.481 e. The Morgan fingerprint density at radius 1 is 1.14 bits per heavy atom. The van der Waals surface area contributed by atoms with Crippen LogP contribution in [0.15, 0.2) is 18.2 Å². The van der Waals surface area contributed by atoms with Crippen molar-refractivity contribution in [1.29, 1.82) is 0 Å². The number of carboxylic acids is 1. The van der Waals surface area contributed by atoms with Gasteiger partial charge in [-0.15, -0.1) is 0 Å². The fourth-order valence-corrected chi connectivity index (χ4v) is 4.08. The van der Waals surface area contributed by atoms with E-state index in [-0.39, 0.29) is 29.1 Å². The first-order valence-corrected chi connectivity index (χ1v) is 9.92. The topological polar surface area (TPSA) is 113 Å². The molecule has 2 fully saturated rings. The van der Waals surface area contributed by atoms with E-state index in [1.54, 1.807) is 12.1 Å². The average Bonchev–Trinajstić information content (AvgIpc) is 2.68. The van der Waals surface area contributed by atoms with Crippen molar-refractivity contribution in [3.05, 3.63) is 33.9 Å². The van der Waals surface area contributed by atoms with E-state index >= 15 is 0 Å². The largest absolute Gasteiger partial charge is 0.481 e. The molecule has 0 bridgehead atoms. The molecule has 2 N–H and O–H groups in total. The Labute approximate surface area is 164 Å². The van der Waals surface area contributed by atoms with E-state index in [1.165, 1.54) is 6.07 Å². The number of aliphatic carboxylic acids is 1. The third kappa shape index (κ3) is 4.61. The number of piperidine rings is 1. The van der Waals surface area contributed by atoms with E-state index in [0.717, 1.165) is 25.9 Å². The summed E-state index contributed by atoms with van der Waals surface area (Å²) in [6.07, 6.45) is 4.28. The maximum Gasteiger partial charge on any atom is 0.306 e. The summed E-state index contributed by atoms with van der Waals surface area (Å²) in [5, 5.41) is 23.5. The molecule has 1 aliphatic heterocycles. The molecule has 1 aromatic rings. The number of benzene rings is 1. The molecular formula is C20H27N3O5. The number of nitro groups is 1. The van der Waals surface area contributed by atoms with Crippen molar-refractivity contribution in [2.75, 3.05) is 18.0 Å². The monoisotopic (exact) mass is 389 g/mol. The summed E-state index contributed by atoms with van der Waals surface area (Å²) in [6.45, 7) is 3.74. The van der Waals surface area contributed by atoms with Crippen LogP contribution in [0.2, 0.25) is 0 Å². The quantitative estimate of drug-likeness (QED) is 0.591. The number of carboxylic acid groups (broad SMARTS) is 1. The van der Waals surface area contributed by atoms with Crippen LogP contribution in [-0.4, -0.2) is 41.0 Å². The second-order valence-electron chi connectivity index (χ2n) is 7.99. The Balaban J connectivity index is 1.68. The summed E-state index contributed by atoms with van der Waals surface area (Å²) < 4.78 is 0. The van der Waals surface area contributed by atoms with Gasteiger partial charge >= 0.3 is 5.97 Å². The fraction of sp³-hybridized carbons (Fsp3) is 0.600. The predicted molar refractivity (Wildman–Crippen MR) is 105 cm³/mol. The summed E-state index contributed by atoms with van der Waals surface area (Å²) in [6, 6.07) is 4.57. The summed E-state index contributed by atoms with van der Waals surface area (Å²) in [5.41, 5.74) is 0.786. The van der Waals surface area contributed by atoms with Gasteiger partial charge in [-0.1, -0.05) is 6.92 Å². The summed E-state index contributed by atoms with van der Waals surface area (Å²) in [7, 11) is 0. The Morgan fingerprint density at radius 3 is 2.36 bits per heavy atom. The van der Waals surface area contributed by atoms with E-state index < -0.39 is 10.9 Å². The van der Waals surface area contributed by atoms with Crippen molar-refractivity contribution in [1.82, 2.24) is 5.32 Å². The molecule has 152 valence electrons. The van der Waals surface area contributed by atoms with E-state index in [0.29, 0.717) is 37.3 Å². The number of carbonyl (C=O) groups excluding carboxylic acids is 1. The van der Waals surface area contributed by atoms with Crippen molar-refractivity contribution in [2.45, 2.75) is 51.5 Å². The second kappa shape index (κ2) is 8.58. The Kier molecular flexibility index (Phi) is 6.16. The number of nitrogens with zero attached hydrogens (tertiary/aromatic N) is 2. The molecular weight excluding hydrogens is 362 g/mol. The van der Waals surface area contributed by atoms with Crippen molar-refractivity contribution in [2.24, 2.45) is 11.8 Å². The molecule has 0 unspecified atom stereocenters. The summed E-state index contributed by atoms with van der Waals surface area (Å²) in [4.78, 5) is 36.8. The van der Waals surface area contributed by atoms with Gasteiger partial charge in [0.1, 0.15) is 5.69 Å². The van der Waals surface area contributed by atoms with Crippen LogP contribution in [0.5, 0.6) is 0 Å². The van der Waals surface area contributed by atoms with Crippen LogP contribution in [-0.2, 0) is 4.79 Å². The van der Waals surface area contributed by atoms with Crippen molar-refractivity contribution < 1.29 is 19.6 Å². The number of hydrogen-bond acceptors (Lipinski definition) is 5. The number of rotatable bonds is 5. The summed E-state index contributed by atoms with van der Waals surface area (Å²) in [5.74, 6) is -0.860. The Hall–Kier alpha value is -2.64. The normalized spacial score (nSPS) is 23.2. The zero-order chi connectivity index (χ0) is 20.3. The zero-order valence-corrected chi connectivity index (χ0v) is 16.1. The van der Waals surface area contributed by atoms with Gasteiger partial charge in [-0.25, -0.2) is 0 Å². The minimum absolute atomic E-state index is 0.0446. The number of nitro benzene ring substituents is 1. The van der Waals surface area contributed by atoms with Gasteiger partial charge in [-0.3, -0.25) is 19.7 Å². The first-order chi connectivity index (χ1) is 13.3. The average molecular weight is 389 g/mol. The number of nitrogens with one attached hydrogen (secondary N) is 1. The van der Waals surface area contributed by atoms with Gasteiger partial charge in [0.05, 0.1) is 10.8 Å². The highest BCUT2D eigenvalue weighted by atomic mass is 16.6. The Bertz CT molecular complexity index is 750. The third-order valence-corrected chi connectivity index (χ3v) is 5.97. The number of carbonyl (C=O) groups is 2. The van der Waals surface area contributed by atoms with Gasteiger partial charge in [0.2, 0.25) is 0 Å². The SMILES string of the molecule is CC1CCN(c2ccc(C(=O)NC3CCC(C(=O)O)CC3)cc2[N+](=O)[O-])CC1. The van der Waals surface area contributed by atoms with Crippen LogP contribution in [0.4, 0.5) is 11.4 Å². The number of amides is 1. The van der Waals surface area contributed by atoms with Crippen LogP contribution in [0, 0.1) is 22.0 Å². The smallest absolute Gasteiger partial charge is 0.306 e. The third-order valence-electron chi connectivity index (χ3n) is 5.97. The maximum atomic E-state index is 12.6. The first-order valence-electron chi connectivity index (χ1n) is 9.92. The molecule has 1 saturated carbocycles. The molecule has 1 heterocycles. The van der Waals surface area contributed by atoms with E-state index in [4.69, 9.17) is 5.11 Å². The number of anilines is 1. The van der Waals surface area contributed by atoms with Crippen LogP contribution in [0.3, 0.4) is 0 Å². The maximum absolute atomic E-state index is 12.6. The van der Waals surface area contributed by atoms with E-state index in [9.17, 15) is 19.7 Å². The van der Waals surface area contributed by atoms with Crippen LogP contribution in [0.1, 0.15) is 55.8 Å². The highest BCUT2D eigenvalue weighted by molar-refractivity contribution is 5.96. The minimum atomic E-state index is -0.789. The lowest BCUT2D eigenvalue weighted by Crippen LogP contribution is -2.38. The van der Waals surface area contributed by atoms with Crippen LogP contribution in [0.25, 0.3) is 0 Å². The lowest BCUT2D eigenvalue weighted by molar-refractivity contribution is -0.384. The van der Waals surface area contributed by atoms with Gasteiger partial charge in [-0.2, -0.15) is 0 Å². The zero-order valence-electron chi connectivity index (χ0n) is 16.1. The van der Waals surface area contributed by atoms with Gasteiger partial charge < -0.3 is 15.3 Å². The molecule has 2 aliphatic rings. The first kappa shape index (κ1) is 20.1. The van der Waals surface area contributed by atoms with Gasteiger partial charge in [0, 0.05) is 30.8 Å². The van der Waals surface area contributed by atoms with Crippen molar-refractivity contribution in [3.63, 3.8) is 0 Å². The van der Waals surface area contributed by atoms with Crippen LogP contribution < -0.4 is 10.2 Å². The summed E-state index contributed by atoms with van der Waals surface area (Å²) >= 11 is 0. The number of hydrogen-bond donors (Lipinski definition) is 2. The molecule has 8 heteroatoms. The van der Waals surface area contributed by atoms with Crippen molar-refractivity contribution in [3.8, 4) is 0 Å². The molecule has 1 saturated heterocycles. The van der Waals surface area contributed by atoms with Gasteiger partial charge in [0.15, 0.2) is 0 Å². The molecule has 3 rings (SSSR count). The lowest BCUT2D eigenvalue weighted by atomic mass is 9.86. The molecule has 8 nitrogen and oxygen atoms in total. The van der Waals surface area contributed by atoms with Crippen molar-refractivity contribution >= 4 is 23.3 Å². The standard InChI is InChI=1S/C20H27N3O5/c1-13-8-10-22(11-9-13)17-7-4-15(12-18(17)23(27)28)19(24)21-16-5-2-14(3-6-16)20(25)26/h4,7,12-14,16H,2-3,5-6,8-11H2,1H3,(H,21,24)(H,25,26). The Morgan fingerprint density at radius 2 is 1.79 bits per heavy atom. The van der Waals surface area contributed by atoms with E-state index in [2.05, 4.69) is 12.2 Å². The van der Waals surface area contributed by atoms with Gasteiger partial charge in [-0.05, 0) is 56.6 Å². The molecule has 0 atom stereocenters. The molecule has 1 aromatic carbocycles. The molecule has 1 aliphatic carbocycles. The van der Waals surface area contributed by atoms with E-state index in [1.807, 2.05) is 4.90 Å². The molecule has 1 amide bonds. The van der Waals surface area contributed by atoms with Crippen LogP contribution >= 0.6 is 0 Å². The van der Waals surface area contributed by atoms with Gasteiger partial charge in [0.25, 0.3) is 11.6 Å². The molecule has 0 radical (unpaired) electrons. The molecule has 0 spiro atoms. The predicted octanol–water partition coefficient (Wildman–Crippen LogP) is 3.20. The molecule has 28 heavy (non-hydrogen) atoms. The highest BCUT2D eigenvalue weighted by Gasteiger charge is 2.28. The lowest BCUT2D eigenvalue weighted by Gasteiger charge is -2.31. The second-order valence-corrected chi connectivity index (χ2v) is 7.99.